The van der Waals surface area contributed by atoms with E-state index in [-0.39, 0.29) is 17.4 Å². The highest BCUT2D eigenvalue weighted by molar-refractivity contribution is 5.94. The van der Waals surface area contributed by atoms with Crippen LogP contribution in [0.4, 0.5) is 17.6 Å². The van der Waals surface area contributed by atoms with Crippen LogP contribution in [0.25, 0.3) is 0 Å². The highest BCUT2D eigenvalue weighted by Crippen LogP contribution is 2.22. The average molecular weight is 333 g/mol. The van der Waals surface area contributed by atoms with E-state index in [1.165, 1.54) is 17.2 Å². The lowest BCUT2D eigenvalue weighted by Gasteiger charge is -2.25. The van der Waals surface area contributed by atoms with Crippen LogP contribution in [0.5, 0.6) is 0 Å². The molecule has 1 aromatic heterocycles. The van der Waals surface area contributed by atoms with Gasteiger partial charge in [0.05, 0.1) is 6.54 Å². The normalized spacial score (nSPS) is 18.7. The number of carbonyl (C=O) groups excluding carboxylic acids is 1. The Labute approximate surface area is 132 Å². The number of pyridine rings is 1. The molecule has 1 aliphatic rings. The number of nitrogens with zero attached hydrogens (tertiary/aromatic N) is 3. The fourth-order valence-corrected chi connectivity index (χ4v) is 2.81. The van der Waals surface area contributed by atoms with E-state index in [2.05, 4.69) is 4.98 Å². The van der Waals surface area contributed by atoms with Gasteiger partial charge in [0.1, 0.15) is 0 Å². The molecule has 1 atom stereocenters. The fourth-order valence-electron chi connectivity index (χ4n) is 2.81. The van der Waals surface area contributed by atoms with Gasteiger partial charge in [0.25, 0.3) is 5.91 Å². The number of hydrogen-bond donors (Lipinski definition) is 0. The van der Waals surface area contributed by atoms with Crippen molar-refractivity contribution in [2.75, 3.05) is 32.7 Å². The number of halogens is 4. The number of hydrogen-bond acceptors (Lipinski definition) is 3. The minimum atomic E-state index is -4.22. The third kappa shape index (κ3) is 5.16. The predicted molar refractivity (Wildman–Crippen MR) is 76.4 cm³/mol. The molecule has 1 aliphatic heterocycles. The van der Waals surface area contributed by atoms with Crippen molar-refractivity contribution < 1.29 is 22.4 Å². The lowest BCUT2D eigenvalue weighted by Crippen LogP contribution is -2.38. The van der Waals surface area contributed by atoms with Crippen molar-refractivity contribution in [3.63, 3.8) is 0 Å². The molecule has 0 radical (unpaired) electrons. The fraction of sp³-hybridized carbons (Fsp3) is 0.600. The molecule has 8 heteroatoms. The van der Waals surface area contributed by atoms with Crippen LogP contribution in [0.2, 0.25) is 0 Å². The van der Waals surface area contributed by atoms with Gasteiger partial charge in [-0.2, -0.15) is 17.6 Å². The number of amides is 1. The van der Waals surface area contributed by atoms with E-state index in [1.807, 2.05) is 0 Å². The zero-order valence-electron chi connectivity index (χ0n) is 12.8. The summed E-state index contributed by atoms with van der Waals surface area (Å²) >= 11 is 0. The van der Waals surface area contributed by atoms with Crippen LogP contribution >= 0.6 is 0 Å². The van der Waals surface area contributed by atoms with Crippen molar-refractivity contribution in [1.29, 1.82) is 0 Å². The highest BCUT2D eigenvalue weighted by atomic mass is 19.4. The molecule has 1 amide bonds. The van der Waals surface area contributed by atoms with Crippen molar-refractivity contribution in [1.82, 2.24) is 14.8 Å². The maximum absolute atomic E-state index is 13.1. The van der Waals surface area contributed by atoms with Gasteiger partial charge in [0.2, 0.25) is 5.95 Å². The summed E-state index contributed by atoms with van der Waals surface area (Å²) in [5, 5.41) is 0. The van der Waals surface area contributed by atoms with Crippen molar-refractivity contribution in [2.24, 2.45) is 5.92 Å². The van der Waals surface area contributed by atoms with Gasteiger partial charge < -0.3 is 4.90 Å². The van der Waals surface area contributed by atoms with E-state index in [1.54, 1.807) is 11.8 Å². The second kappa shape index (κ2) is 7.25. The summed E-state index contributed by atoms with van der Waals surface area (Å²) in [5.74, 6) is -1.05. The SMILES string of the molecule is CCN(C[C@@H]1CCN(C(=O)c2ccnc(F)c2)C1)CC(F)(F)F. The second-order valence-electron chi connectivity index (χ2n) is 5.72. The van der Waals surface area contributed by atoms with Crippen molar-refractivity contribution in [2.45, 2.75) is 19.5 Å². The maximum Gasteiger partial charge on any atom is 0.401 e. The van der Waals surface area contributed by atoms with Crippen molar-refractivity contribution in [3.05, 3.63) is 29.8 Å². The first-order valence-electron chi connectivity index (χ1n) is 7.48. The molecule has 0 N–H and O–H groups in total. The van der Waals surface area contributed by atoms with Crippen LogP contribution in [0.3, 0.4) is 0 Å². The number of carbonyl (C=O) groups is 1. The van der Waals surface area contributed by atoms with E-state index < -0.39 is 18.7 Å². The Balaban J connectivity index is 1.91. The molecule has 23 heavy (non-hydrogen) atoms. The van der Waals surface area contributed by atoms with Gasteiger partial charge in [-0.3, -0.25) is 9.69 Å². The molecule has 2 heterocycles. The zero-order chi connectivity index (χ0) is 17.0. The first kappa shape index (κ1) is 17.7. The molecule has 0 unspecified atom stereocenters. The summed E-state index contributed by atoms with van der Waals surface area (Å²) in [5.41, 5.74) is 0.209. The van der Waals surface area contributed by atoms with E-state index in [0.717, 1.165) is 6.07 Å². The minimum absolute atomic E-state index is 0.00654. The Morgan fingerprint density at radius 2 is 2.22 bits per heavy atom. The molecular formula is C15H19F4N3O. The van der Waals surface area contributed by atoms with Crippen LogP contribution in [-0.2, 0) is 0 Å². The molecule has 1 aromatic rings. The van der Waals surface area contributed by atoms with Gasteiger partial charge in [-0.15, -0.1) is 0 Å². The van der Waals surface area contributed by atoms with Gasteiger partial charge in [-0.05, 0) is 24.9 Å². The van der Waals surface area contributed by atoms with Gasteiger partial charge in [-0.25, -0.2) is 4.98 Å². The Morgan fingerprint density at radius 3 is 2.83 bits per heavy atom. The van der Waals surface area contributed by atoms with Crippen LogP contribution in [0.1, 0.15) is 23.7 Å². The van der Waals surface area contributed by atoms with E-state index in [4.69, 9.17) is 0 Å². The van der Waals surface area contributed by atoms with Gasteiger partial charge >= 0.3 is 6.18 Å². The van der Waals surface area contributed by atoms with Gasteiger partial charge in [-0.1, -0.05) is 6.92 Å². The molecule has 1 fully saturated rings. The first-order chi connectivity index (χ1) is 10.8. The molecule has 4 nitrogen and oxygen atoms in total. The van der Waals surface area contributed by atoms with Crippen LogP contribution in [0.15, 0.2) is 18.3 Å². The van der Waals surface area contributed by atoms with Gasteiger partial charge in [0, 0.05) is 37.5 Å². The molecule has 2 rings (SSSR count). The lowest BCUT2D eigenvalue weighted by molar-refractivity contribution is -0.146. The standard InChI is InChI=1S/C15H19F4N3O/c1-2-21(10-15(17,18)19)8-11-4-6-22(9-11)14(23)12-3-5-20-13(16)7-12/h3,5,7,11H,2,4,6,8-10H2,1H3/t11-/m0/s1. The maximum atomic E-state index is 13.1. The van der Waals surface area contributed by atoms with Crippen molar-refractivity contribution in [3.8, 4) is 0 Å². The summed E-state index contributed by atoms with van der Waals surface area (Å²) in [6, 6.07) is 2.50. The van der Waals surface area contributed by atoms with Crippen LogP contribution in [0, 0.1) is 11.9 Å². The lowest BCUT2D eigenvalue weighted by atomic mass is 10.1. The number of likely N-dealkylation sites (tertiary alicyclic amines) is 1. The quantitative estimate of drug-likeness (QED) is 0.614. The van der Waals surface area contributed by atoms with Crippen LogP contribution < -0.4 is 0 Å². The Morgan fingerprint density at radius 1 is 1.48 bits per heavy atom. The number of rotatable bonds is 5. The summed E-state index contributed by atoms with van der Waals surface area (Å²) in [4.78, 5) is 18.6. The third-order valence-electron chi connectivity index (χ3n) is 3.91. The molecule has 1 saturated heterocycles. The Kier molecular flexibility index (Phi) is 5.56. The summed E-state index contributed by atoms with van der Waals surface area (Å²) < 4.78 is 50.5. The van der Waals surface area contributed by atoms with E-state index >= 15 is 0 Å². The molecule has 0 saturated carbocycles. The predicted octanol–water partition coefficient (Wildman–Crippen LogP) is 2.57. The largest absolute Gasteiger partial charge is 0.401 e. The molecule has 0 bridgehead atoms. The number of alkyl halides is 3. The first-order valence-corrected chi connectivity index (χ1v) is 7.48. The van der Waals surface area contributed by atoms with Crippen LogP contribution in [-0.4, -0.2) is 59.6 Å². The van der Waals surface area contributed by atoms with Gasteiger partial charge in [0.15, 0.2) is 0 Å². The van der Waals surface area contributed by atoms with Crippen molar-refractivity contribution >= 4 is 5.91 Å². The average Bonchev–Trinajstić information content (AvgIpc) is 2.92. The molecule has 0 spiro atoms. The Hall–Kier alpha value is -1.70. The highest BCUT2D eigenvalue weighted by Gasteiger charge is 2.33. The third-order valence-corrected chi connectivity index (χ3v) is 3.91. The monoisotopic (exact) mass is 333 g/mol. The Bertz CT molecular complexity index is 550. The molecule has 0 aromatic carbocycles. The van der Waals surface area contributed by atoms with E-state index in [0.29, 0.717) is 32.6 Å². The summed E-state index contributed by atoms with van der Waals surface area (Å²) in [6.07, 6.45) is -2.36. The number of aromatic nitrogens is 1. The smallest absolute Gasteiger partial charge is 0.338 e. The zero-order valence-corrected chi connectivity index (χ0v) is 12.8. The van der Waals surface area contributed by atoms with E-state index in [9.17, 15) is 22.4 Å². The second-order valence-corrected chi connectivity index (χ2v) is 5.72. The molecular weight excluding hydrogens is 314 g/mol. The topological polar surface area (TPSA) is 36.4 Å². The molecule has 128 valence electrons. The molecule has 0 aliphatic carbocycles. The summed E-state index contributed by atoms with van der Waals surface area (Å²) in [7, 11) is 0. The summed E-state index contributed by atoms with van der Waals surface area (Å²) in [6.45, 7) is 2.20. The minimum Gasteiger partial charge on any atom is -0.338 e.